The number of hydrogen-bond donors (Lipinski definition) is 1. The second-order valence-electron chi connectivity index (χ2n) is 5.89. The first kappa shape index (κ1) is 16.0. The lowest BCUT2D eigenvalue weighted by molar-refractivity contribution is 0.0744. The molecule has 0 atom stereocenters. The van der Waals surface area contributed by atoms with Crippen molar-refractivity contribution in [3.8, 4) is 0 Å². The fourth-order valence-corrected chi connectivity index (χ4v) is 2.87. The molecular weight excluding hydrogens is 290 g/mol. The molecule has 1 aliphatic carbocycles. The Morgan fingerprint density at radius 2 is 2.10 bits per heavy atom. The Morgan fingerprint density at radius 1 is 1.48 bits per heavy atom. The van der Waals surface area contributed by atoms with E-state index in [0.29, 0.717) is 18.2 Å². The molecule has 2 rings (SSSR count). The topological polar surface area (TPSA) is 85.4 Å². The van der Waals surface area contributed by atoms with Crippen LogP contribution in [-0.2, 0) is 10.0 Å². The summed E-state index contributed by atoms with van der Waals surface area (Å²) in [4.78, 5) is 14.4. The third kappa shape index (κ3) is 3.65. The van der Waals surface area contributed by atoms with E-state index in [0.717, 1.165) is 19.4 Å². The highest BCUT2D eigenvalue weighted by Gasteiger charge is 2.29. The first-order valence-corrected chi connectivity index (χ1v) is 8.82. The second-order valence-corrected chi connectivity index (χ2v) is 7.46. The number of aromatic nitrogens is 1. The Hall–Kier alpha value is -1.34. The molecule has 0 radical (unpaired) electrons. The van der Waals surface area contributed by atoms with Crippen LogP contribution in [0, 0.1) is 5.92 Å². The van der Waals surface area contributed by atoms with Crippen LogP contribution in [0.2, 0.25) is 0 Å². The summed E-state index contributed by atoms with van der Waals surface area (Å²) in [7, 11) is -3.81. The monoisotopic (exact) mass is 313 g/mol. The number of rotatable bonds is 6. The molecule has 7 heteroatoms. The minimum absolute atomic E-state index is 0.0120. The van der Waals surface area contributed by atoms with Gasteiger partial charge in [-0.2, -0.15) is 0 Å². The predicted molar refractivity (Wildman–Crippen MR) is 80.5 cm³/mol. The SMILES string of the molecule is CCN(CC1CC1)C(=O)c1cc(S(N)(=O)=O)cn1C(C)C. The minimum atomic E-state index is -3.81. The maximum Gasteiger partial charge on any atom is 0.270 e. The Morgan fingerprint density at radius 3 is 2.52 bits per heavy atom. The van der Waals surface area contributed by atoms with E-state index in [1.165, 1.54) is 12.3 Å². The zero-order valence-electron chi connectivity index (χ0n) is 12.7. The van der Waals surface area contributed by atoms with Crippen molar-refractivity contribution in [3.63, 3.8) is 0 Å². The van der Waals surface area contributed by atoms with E-state index >= 15 is 0 Å². The normalized spacial score (nSPS) is 15.5. The summed E-state index contributed by atoms with van der Waals surface area (Å²) in [5.41, 5.74) is 0.386. The van der Waals surface area contributed by atoms with E-state index < -0.39 is 10.0 Å². The average Bonchev–Trinajstić information content (AvgIpc) is 3.07. The van der Waals surface area contributed by atoms with Crippen LogP contribution in [0.15, 0.2) is 17.2 Å². The van der Waals surface area contributed by atoms with Crippen LogP contribution in [0.5, 0.6) is 0 Å². The van der Waals surface area contributed by atoms with E-state index in [-0.39, 0.29) is 16.8 Å². The van der Waals surface area contributed by atoms with Gasteiger partial charge >= 0.3 is 0 Å². The van der Waals surface area contributed by atoms with E-state index in [1.807, 2.05) is 20.8 Å². The Bertz CT molecular complexity index is 630. The lowest BCUT2D eigenvalue weighted by Gasteiger charge is -2.22. The molecular formula is C14H23N3O3S. The first-order chi connectivity index (χ1) is 9.74. The zero-order chi connectivity index (χ0) is 15.8. The molecule has 1 fully saturated rings. The number of carbonyl (C=O) groups excluding carboxylic acids is 1. The van der Waals surface area contributed by atoms with Gasteiger partial charge in [-0.1, -0.05) is 0 Å². The third-order valence-corrected chi connectivity index (χ3v) is 4.65. The number of nitrogens with two attached hydrogens (primary N) is 1. The van der Waals surface area contributed by atoms with Gasteiger partial charge in [-0.05, 0) is 45.6 Å². The second kappa shape index (κ2) is 5.81. The number of primary sulfonamides is 1. The Labute approximate surface area is 126 Å². The van der Waals surface area contributed by atoms with Crippen LogP contribution < -0.4 is 5.14 Å². The van der Waals surface area contributed by atoms with Gasteiger partial charge < -0.3 is 9.47 Å². The summed E-state index contributed by atoms with van der Waals surface area (Å²) < 4.78 is 24.7. The smallest absolute Gasteiger partial charge is 0.270 e. The van der Waals surface area contributed by atoms with Crippen LogP contribution in [-0.4, -0.2) is 36.9 Å². The number of carbonyl (C=O) groups is 1. The van der Waals surface area contributed by atoms with Crippen LogP contribution in [0.1, 0.15) is 50.1 Å². The molecule has 0 spiro atoms. The van der Waals surface area contributed by atoms with Gasteiger partial charge in [0, 0.05) is 25.3 Å². The van der Waals surface area contributed by atoms with Crippen molar-refractivity contribution >= 4 is 15.9 Å². The summed E-state index contributed by atoms with van der Waals surface area (Å²) in [6, 6.07) is 1.37. The van der Waals surface area contributed by atoms with E-state index in [1.54, 1.807) is 9.47 Å². The van der Waals surface area contributed by atoms with E-state index in [2.05, 4.69) is 0 Å². The van der Waals surface area contributed by atoms with Crippen LogP contribution in [0.4, 0.5) is 0 Å². The quantitative estimate of drug-likeness (QED) is 0.865. The number of amides is 1. The van der Waals surface area contributed by atoms with Gasteiger partial charge in [-0.3, -0.25) is 4.79 Å². The molecule has 1 aromatic heterocycles. The Balaban J connectivity index is 2.35. The van der Waals surface area contributed by atoms with Crippen molar-refractivity contribution in [2.24, 2.45) is 11.1 Å². The summed E-state index contributed by atoms with van der Waals surface area (Å²) in [6.07, 6.45) is 3.77. The van der Waals surface area contributed by atoms with Gasteiger partial charge in [0.05, 0.1) is 0 Å². The van der Waals surface area contributed by atoms with Crippen molar-refractivity contribution in [2.75, 3.05) is 13.1 Å². The summed E-state index contributed by atoms with van der Waals surface area (Å²) in [5.74, 6) is 0.460. The molecule has 0 aromatic carbocycles. The molecule has 1 heterocycles. The number of sulfonamides is 1. The summed E-state index contributed by atoms with van der Waals surface area (Å²) >= 11 is 0. The molecule has 0 saturated heterocycles. The molecule has 21 heavy (non-hydrogen) atoms. The number of nitrogens with zero attached hydrogens (tertiary/aromatic N) is 2. The third-order valence-electron chi connectivity index (χ3n) is 3.77. The van der Waals surface area contributed by atoms with Crippen LogP contribution >= 0.6 is 0 Å². The van der Waals surface area contributed by atoms with Gasteiger partial charge in [0.2, 0.25) is 10.0 Å². The van der Waals surface area contributed by atoms with Gasteiger partial charge in [-0.15, -0.1) is 0 Å². The number of hydrogen-bond acceptors (Lipinski definition) is 3. The molecule has 118 valence electrons. The first-order valence-electron chi connectivity index (χ1n) is 7.28. The van der Waals surface area contributed by atoms with Crippen LogP contribution in [0.25, 0.3) is 0 Å². The highest BCUT2D eigenvalue weighted by Crippen LogP contribution is 2.30. The molecule has 0 aliphatic heterocycles. The van der Waals surface area contributed by atoms with Gasteiger partial charge in [0.15, 0.2) is 0 Å². The van der Waals surface area contributed by atoms with Crippen molar-refractivity contribution in [3.05, 3.63) is 18.0 Å². The lowest BCUT2D eigenvalue weighted by Crippen LogP contribution is -2.34. The van der Waals surface area contributed by atoms with Crippen molar-refractivity contribution in [1.29, 1.82) is 0 Å². The molecule has 1 saturated carbocycles. The summed E-state index contributed by atoms with van der Waals surface area (Å²) in [6.45, 7) is 7.10. The zero-order valence-corrected chi connectivity index (χ0v) is 13.6. The molecule has 6 nitrogen and oxygen atoms in total. The van der Waals surface area contributed by atoms with E-state index in [9.17, 15) is 13.2 Å². The summed E-state index contributed by atoms with van der Waals surface area (Å²) in [5, 5.41) is 5.17. The molecule has 1 aliphatic rings. The van der Waals surface area contributed by atoms with Gasteiger partial charge in [-0.25, -0.2) is 13.6 Å². The van der Waals surface area contributed by atoms with Crippen molar-refractivity contribution < 1.29 is 13.2 Å². The van der Waals surface area contributed by atoms with Crippen molar-refractivity contribution in [2.45, 2.75) is 44.6 Å². The van der Waals surface area contributed by atoms with Crippen molar-refractivity contribution in [1.82, 2.24) is 9.47 Å². The molecule has 2 N–H and O–H groups in total. The Kier molecular flexibility index (Phi) is 4.43. The predicted octanol–water partition coefficient (Wildman–Crippen LogP) is 1.59. The fraction of sp³-hybridized carbons (Fsp3) is 0.643. The van der Waals surface area contributed by atoms with Gasteiger partial charge in [0.1, 0.15) is 10.6 Å². The molecule has 1 amide bonds. The maximum absolute atomic E-state index is 12.7. The maximum atomic E-state index is 12.7. The van der Waals surface area contributed by atoms with E-state index in [4.69, 9.17) is 5.14 Å². The average molecular weight is 313 g/mol. The largest absolute Gasteiger partial charge is 0.340 e. The lowest BCUT2D eigenvalue weighted by atomic mass is 10.3. The highest BCUT2D eigenvalue weighted by molar-refractivity contribution is 7.89. The minimum Gasteiger partial charge on any atom is -0.340 e. The highest BCUT2D eigenvalue weighted by atomic mass is 32.2. The fourth-order valence-electron chi connectivity index (χ4n) is 2.34. The van der Waals surface area contributed by atoms with Crippen LogP contribution in [0.3, 0.4) is 0 Å². The molecule has 0 unspecified atom stereocenters. The standard InChI is InChI=1S/C14H23N3O3S/c1-4-16(8-11-5-6-11)14(18)13-7-12(21(15,19)20)9-17(13)10(2)3/h7,9-11H,4-6,8H2,1-3H3,(H2,15,19,20). The van der Waals surface area contributed by atoms with Gasteiger partial charge in [0.25, 0.3) is 5.91 Å². The molecule has 0 bridgehead atoms. The molecule has 1 aromatic rings.